The summed E-state index contributed by atoms with van der Waals surface area (Å²) in [5.74, 6) is 0.912. The smallest absolute Gasteiger partial charge is 0.0113 e. The molecule has 16 heavy (non-hydrogen) atoms. The van der Waals surface area contributed by atoms with Crippen LogP contribution in [0.4, 0.5) is 0 Å². The van der Waals surface area contributed by atoms with Crippen molar-refractivity contribution in [3.63, 3.8) is 0 Å². The van der Waals surface area contributed by atoms with Gasteiger partial charge in [-0.1, -0.05) is 6.92 Å². The molecule has 3 heteroatoms. The van der Waals surface area contributed by atoms with Gasteiger partial charge in [0.1, 0.15) is 0 Å². The van der Waals surface area contributed by atoms with Crippen LogP contribution in [0.2, 0.25) is 0 Å². The van der Waals surface area contributed by atoms with Crippen LogP contribution in [0.15, 0.2) is 0 Å². The number of nitrogens with zero attached hydrogens (tertiary/aromatic N) is 2. The van der Waals surface area contributed by atoms with Crippen LogP contribution in [-0.4, -0.2) is 61.7 Å². The maximum absolute atomic E-state index is 3.46. The van der Waals surface area contributed by atoms with Gasteiger partial charge >= 0.3 is 0 Å². The highest BCUT2D eigenvalue weighted by atomic mass is 15.3. The van der Waals surface area contributed by atoms with Crippen LogP contribution in [0.25, 0.3) is 0 Å². The molecule has 0 aromatic heterocycles. The summed E-state index contributed by atoms with van der Waals surface area (Å²) in [4.78, 5) is 5.31. The summed E-state index contributed by atoms with van der Waals surface area (Å²) in [7, 11) is 0. The lowest BCUT2D eigenvalue weighted by atomic mass is 10.1. The maximum Gasteiger partial charge on any atom is 0.0113 e. The van der Waals surface area contributed by atoms with Crippen LogP contribution in [0, 0.1) is 5.92 Å². The Hall–Kier alpha value is -0.120. The zero-order valence-corrected chi connectivity index (χ0v) is 10.9. The lowest BCUT2D eigenvalue weighted by Gasteiger charge is -2.38. The third-order valence-corrected chi connectivity index (χ3v) is 4.30. The third kappa shape index (κ3) is 3.19. The summed E-state index contributed by atoms with van der Waals surface area (Å²) in [6.45, 7) is 13.5. The summed E-state index contributed by atoms with van der Waals surface area (Å²) >= 11 is 0. The summed E-state index contributed by atoms with van der Waals surface area (Å²) < 4.78 is 0. The molecule has 2 saturated heterocycles. The van der Waals surface area contributed by atoms with E-state index < -0.39 is 0 Å². The molecule has 0 aliphatic carbocycles. The Morgan fingerprint density at radius 2 is 2.00 bits per heavy atom. The lowest BCUT2D eigenvalue weighted by molar-refractivity contribution is 0.0918. The molecule has 2 unspecified atom stereocenters. The second-order valence-electron chi connectivity index (χ2n) is 5.45. The van der Waals surface area contributed by atoms with E-state index in [-0.39, 0.29) is 0 Å². The fourth-order valence-electron chi connectivity index (χ4n) is 2.88. The molecule has 2 fully saturated rings. The average molecular weight is 225 g/mol. The zero-order chi connectivity index (χ0) is 11.4. The van der Waals surface area contributed by atoms with Gasteiger partial charge < -0.3 is 10.2 Å². The van der Waals surface area contributed by atoms with Crippen molar-refractivity contribution in [2.24, 2.45) is 5.92 Å². The second kappa shape index (κ2) is 5.99. The first kappa shape index (κ1) is 12.3. The number of nitrogens with one attached hydrogen (secondary N) is 1. The van der Waals surface area contributed by atoms with Gasteiger partial charge in [-0.2, -0.15) is 0 Å². The molecule has 0 bridgehead atoms. The normalized spacial score (nSPS) is 30.8. The molecular formula is C13H27N3. The molecule has 0 aromatic rings. The topological polar surface area (TPSA) is 18.5 Å². The molecule has 2 atom stereocenters. The Bertz CT molecular complexity index is 193. The Morgan fingerprint density at radius 1 is 1.25 bits per heavy atom. The van der Waals surface area contributed by atoms with E-state index in [9.17, 15) is 0 Å². The van der Waals surface area contributed by atoms with E-state index in [1.54, 1.807) is 0 Å². The lowest BCUT2D eigenvalue weighted by Crippen LogP contribution is -2.50. The number of hydrogen-bond acceptors (Lipinski definition) is 3. The largest absolute Gasteiger partial charge is 0.316 e. The molecule has 0 radical (unpaired) electrons. The van der Waals surface area contributed by atoms with E-state index in [0.717, 1.165) is 12.0 Å². The van der Waals surface area contributed by atoms with Crippen molar-refractivity contribution in [2.45, 2.75) is 32.7 Å². The van der Waals surface area contributed by atoms with E-state index in [0.29, 0.717) is 0 Å². The minimum absolute atomic E-state index is 0.773. The maximum atomic E-state index is 3.46. The third-order valence-electron chi connectivity index (χ3n) is 4.30. The highest BCUT2D eigenvalue weighted by Crippen LogP contribution is 2.13. The molecule has 3 nitrogen and oxygen atoms in total. The molecule has 0 spiro atoms. The first-order chi connectivity index (χ1) is 7.79. The molecular weight excluding hydrogens is 198 g/mol. The van der Waals surface area contributed by atoms with Crippen molar-refractivity contribution < 1.29 is 0 Å². The van der Waals surface area contributed by atoms with Crippen LogP contribution in [-0.2, 0) is 0 Å². The molecule has 2 aliphatic heterocycles. The van der Waals surface area contributed by atoms with Crippen molar-refractivity contribution in [3.8, 4) is 0 Å². The minimum Gasteiger partial charge on any atom is -0.316 e. The van der Waals surface area contributed by atoms with Gasteiger partial charge in [0.15, 0.2) is 0 Å². The highest BCUT2D eigenvalue weighted by molar-refractivity contribution is 4.80. The van der Waals surface area contributed by atoms with E-state index >= 15 is 0 Å². The molecule has 0 saturated carbocycles. The Morgan fingerprint density at radius 3 is 2.56 bits per heavy atom. The van der Waals surface area contributed by atoms with Gasteiger partial charge in [-0.15, -0.1) is 0 Å². The second-order valence-corrected chi connectivity index (χ2v) is 5.45. The summed E-state index contributed by atoms with van der Waals surface area (Å²) in [6, 6.07) is 0.773. The van der Waals surface area contributed by atoms with Crippen LogP contribution in [0.3, 0.4) is 0 Å². The van der Waals surface area contributed by atoms with Crippen LogP contribution >= 0.6 is 0 Å². The van der Waals surface area contributed by atoms with Crippen molar-refractivity contribution in [1.82, 2.24) is 15.1 Å². The van der Waals surface area contributed by atoms with Crippen LogP contribution in [0.1, 0.15) is 26.7 Å². The summed E-state index contributed by atoms with van der Waals surface area (Å²) in [5.41, 5.74) is 0. The Kier molecular flexibility index (Phi) is 4.62. The van der Waals surface area contributed by atoms with E-state index in [1.165, 1.54) is 58.7 Å². The van der Waals surface area contributed by atoms with Crippen molar-refractivity contribution in [3.05, 3.63) is 0 Å². The van der Waals surface area contributed by atoms with Crippen molar-refractivity contribution in [2.75, 3.05) is 45.8 Å². The van der Waals surface area contributed by atoms with Gasteiger partial charge in [0.05, 0.1) is 0 Å². The fraction of sp³-hybridized carbons (Fsp3) is 1.00. The van der Waals surface area contributed by atoms with Crippen LogP contribution < -0.4 is 5.32 Å². The minimum atomic E-state index is 0.773. The van der Waals surface area contributed by atoms with E-state index in [1.807, 2.05) is 0 Å². The standard InChI is InChI=1S/C13H27N3/c1-3-12(2)16-8-6-15(7-9-16)11-13-4-5-14-10-13/h12-14H,3-11H2,1-2H3. The predicted molar refractivity (Wildman–Crippen MR) is 68.7 cm³/mol. The van der Waals surface area contributed by atoms with Gasteiger partial charge in [-0.05, 0) is 38.8 Å². The molecule has 0 amide bonds. The van der Waals surface area contributed by atoms with Crippen molar-refractivity contribution >= 4 is 0 Å². The molecule has 94 valence electrons. The Labute approximate surface area is 100 Å². The first-order valence-corrected chi connectivity index (χ1v) is 6.96. The van der Waals surface area contributed by atoms with Gasteiger partial charge in [-0.3, -0.25) is 4.90 Å². The van der Waals surface area contributed by atoms with Crippen LogP contribution in [0.5, 0.6) is 0 Å². The molecule has 1 N–H and O–H groups in total. The Balaban J connectivity index is 1.68. The van der Waals surface area contributed by atoms with Gasteiger partial charge in [0.25, 0.3) is 0 Å². The molecule has 0 aromatic carbocycles. The number of rotatable bonds is 4. The quantitative estimate of drug-likeness (QED) is 0.770. The first-order valence-electron chi connectivity index (χ1n) is 6.96. The number of hydrogen-bond donors (Lipinski definition) is 1. The highest BCUT2D eigenvalue weighted by Gasteiger charge is 2.23. The van der Waals surface area contributed by atoms with E-state index in [4.69, 9.17) is 0 Å². The monoisotopic (exact) mass is 225 g/mol. The zero-order valence-electron chi connectivity index (χ0n) is 10.9. The summed E-state index contributed by atoms with van der Waals surface area (Å²) in [5, 5.41) is 3.46. The predicted octanol–water partition coefficient (Wildman–Crippen LogP) is 1.01. The van der Waals surface area contributed by atoms with E-state index in [2.05, 4.69) is 29.0 Å². The molecule has 2 heterocycles. The summed E-state index contributed by atoms with van der Waals surface area (Å²) in [6.07, 6.45) is 2.66. The van der Waals surface area contributed by atoms with Crippen molar-refractivity contribution in [1.29, 1.82) is 0 Å². The SMILES string of the molecule is CCC(C)N1CCN(CC2CCNC2)CC1. The number of piperazine rings is 1. The fourth-order valence-corrected chi connectivity index (χ4v) is 2.88. The molecule has 2 aliphatic rings. The van der Waals surface area contributed by atoms with Gasteiger partial charge in [0, 0.05) is 38.8 Å². The van der Waals surface area contributed by atoms with Gasteiger partial charge in [-0.25, -0.2) is 0 Å². The van der Waals surface area contributed by atoms with Gasteiger partial charge in [0.2, 0.25) is 0 Å². The molecule has 2 rings (SSSR count). The average Bonchev–Trinajstić information content (AvgIpc) is 2.82.